The summed E-state index contributed by atoms with van der Waals surface area (Å²) in [4.78, 5) is 37.9. The van der Waals surface area contributed by atoms with E-state index in [9.17, 15) is 14.4 Å². The second-order valence-electron chi connectivity index (χ2n) is 16.7. The van der Waals surface area contributed by atoms with Crippen LogP contribution >= 0.6 is 0 Å². The number of allylic oxidation sites excluding steroid dienone is 14. The molecule has 0 saturated heterocycles. The third-order valence-electron chi connectivity index (χ3n) is 10.7. The summed E-state index contributed by atoms with van der Waals surface area (Å²) in [6.07, 6.45) is 64.3. The largest absolute Gasteiger partial charge is 0.462 e. The Bertz CT molecular complexity index is 1220. The molecule has 354 valence electrons. The Labute approximate surface area is 382 Å². The lowest BCUT2D eigenvalue weighted by Crippen LogP contribution is -2.30. The normalized spacial score (nSPS) is 12.8. The van der Waals surface area contributed by atoms with E-state index in [2.05, 4.69) is 99.8 Å². The van der Waals surface area contributed by atoms with Gasteiger partial charge in [0.2, 0.25) is 0 Å². The predicted octanol–water partition coefficient (Wildman–Crippen LogP) is 16.8. The van der Waals surface area contributed by atoms with Gasteiger partial charge < -0.3 is 14.2 Å². The summed E-state index contributed by atoms with van der Waals surface area (Å²) >= 11 is 0. The lowest BCUT2D eigenvalue weighted by molar-refractivity contribution is -0.166. The molecule has 0 aliphatic carbocycles. The van der Waals surface area contributed by atoms with Gasteiger partial charge >= 0.3 is 17.9 Å². The molecule has 0 heterocycles. The average molecular weight is 863 g/mol. The number of rotatable bonds is 45. The third kappa shape index (κ3) is 47.6. The summed E-state index contributed by atoms with van der Waals surface area (Å²) in [7, 11) is 0. The molecule has 0 bridgehead atoms. The zero-order valence-electron chi connectivity index (χ0n) is 40.4. The number of hydrogen-bond donors (Lipinski definition) is 0. The van der Waals surface area contributed by atoms with Gasteiger partial charge in [-0.15, -0.1) is 0 Å². The van der Waals surface area contributed by atoms with Crippen LogP contribution in [-0.4, -0.2) is 37.2 Å². The smallest absolute Gasteiger partial charge is 0.306 e. The van der Waals surface area contributed by atoms with Crippen LogP contribution in [0.5, 0.6) is 0 Å². The second kappa shape index (κ2) is 50.2. The van der Waals surface area contributed by atoms with Gasteiger partial charge in [0.1, 0.15) is 13.2 Å². The molecule has 0 radical (unpaired) electrons. The number of hydrogen-bond acceptors (Lipinski definition) is 6. The minimum absolute atomic E-state index is 0.103. The number of unbranched alkanes of at least 4 members (excludes halogenated alkanes) is 21. The van der Waals surface area contributed by atoms with Crippen molar-refractivity contribution in [3.05, 3.63) is 85.1 Å². The first kappa shape index (κ1) is 58.6. The van der Waals surface area contributed by atoms with Gasteiger partial charge in [0, 0.05) is 19.3 Å². The topological polar surface area (TPSA) is 78.9 Å². The Morgan fingerprint density at radius 1 is 0.355 bits per heavy atom. The number of carbonyl (C=O) groups excluding carboxylic acids is 3. The minimum atomic E-state index is -0.810. The van der Waals surface area contributed by atoms with Crippen molar-refractivity contribution < 1.29 is 28.6 Å². The highest BCUT2D eigenvalue weighted by atomic mass is 16.6. The molecule has 0 aliphatic heterocycles. The molecule has 0 aromatic carbocycles. The maximum absolute atomic E-state index is 12.8. The van der Waals surface area contributed by atoms with Crippen molar-refractivity contribution in [3.63, 3.8) is 0 Å². The van der Waals surface area contributed by atoms with Crippen molar-refractivity contribution in [2.45, 2.75) is 239 Å². The van der Waals surface area contributed by atoms with E-state index >= 15 is 0 Å². The van der Waals surface area contributed by atoms with Crippen LogP contribution in [0.2, 0.25) is 0 Å². The molecule has 0 amide bonds. The van der Waals surface area contributed by atoms with Gasteiger partial charge in [0.25, 0.3) is 0 Å². The van der Waals surface area contributed by atoms with Gasteiger partial charge in [-0.2, -0.15) is 0 Å². The van der Waals surface area contributed by atoms with E-state index in [1.54, 1.807) is 0 Å². The molecular weight excluding hydrogens is 769 g/mol. The molecule has 0 saturated carbocycles. The molecule has 0 rings (SSSR count). The summed E-state index contributed by atoms with van der Waals surface area (Å²) in [6.45, 7) is 6.41. The fourth-order valence-electron chi connectivity index (χ4n) is 6.83. The highest BCUT2D eigenvalue weighted by Crippen LogP contribution is 2.14. The van der Waals surface area contributed by atoms with Crippen molar-refractivity contribution >= 4 is 17.9 Å². The highest BCUT2D eigenvalue weighted by molar-refractivity contribution is 5.71. The van der Waals surface area contributed by atoms with E-state index in [0.717, 1.165) is 83.5 Å². The molecule has 0 N–H and O–H groups in total. The first-order valence-corrected chi connectivity index (χ1v) is 25.6. The van der Waals surface area contributed by atoms with Crippen molar-refractivity contribution in [3.8, 4) is 0 Å². The monoisotopic (exact) mass is 863 g/mol. The van der Waals surface area contributed by atoms with E-state index in [1.165, 1.54) is 103 Å². The fraction of sp³-hybridized carbons (Fsp3) is 0.696. The predicted molar refractivity (Wildman–Crippen MR) is 265 cm³/mol. The maximum atomic E-state index is 12.8. The third-order valence-corrected chi connectivity index (χ3v) is 10.7. The van der Waals surface area contributed by atoms with Crippen LogP contribution in [0, 0.1) is 0 Å². The summed E-state index contributed by atoms with van der Waals surface area (Å²) in [5, 5.41) is 0. The zero-order valence-corrected chi connectivity index (χ0v) is 40.4. The van der Waals surface area contributed by atoms with Crippen molar-refractivity contribution in [1.82, 2.24) is 0 Å². The second-order valence-corrected chi connectivity index (χ2v) is 16.7. The molecule has 1 atom stereocenters. The minimum Gasteiger partial charge on any atom is -0.462 e. The number of esters is 3. The van der Waals surface area contributed by atoms with Crippen LogP contribution in [-0.2, 0) is 28.6 Å². The number of carbonyl (C=O) groups is 3. The van der Waals surface area contributed by atoms with E-state index in [0.29, 0.717) is 19.3 Å². The zero-order chi connectivity index (χ0) is 45.1. The Kier molecular flexibility index (Phi) is 47.5. The van der Waals surface area contributed by atoms with Gasteiger partial charge in [-0.25, -0.2) is 0 Å². The summed E-state index contributed by atoms with van der Waals surface area (Å²) < 4.78 is 16.7. The van der Waals surface area contributed by atoms with Gasteiger partial charge in [-0.3, -0.25) is 14.4 Å². The van der Waals surface area contributed by atoms with Crippen molar-refractivity contribution in [1.29, 1.82) is 0 Å². The van der Waals surface area contributed by atoms with Gasteiger partial charge in [0.05, 0.1) is 0 Å². The molecule has 6 heteroatoms. The van der Waals surface area contributed by atoms with Crippen molar-refractivity contribution in [2.75, 3.05) is 13.2 Å². The Balaban J connectivity index is 4.51. The SMILES string of the molecule is CC/C=C\C/C=C\C/C=C\C/C=C\C/C=C\CCC(=O)OCC(COC(=O)CCCCCCCCCCCCCCC)OC(=O)CCCCCCCC/C=C\C=C/CCCCC. The van der Waals surface area contributed by atoms with Crippen LogP contribution in [0.15, 0.2) is 85.1 Å². The van der Waals surface area contributed by atoms with Crippen molar-refractivity contribution in [2.24, 2.45) is 0 Å². The first-order chi connectivity index (χ1) is 30.5. The average Bonchev–Trinajstić information content (AvgIpc) is 3.27. The van der Waals surface area contributed by atoms with E-state index in [1.807, 2.05) is 6.08 Å². The maximum Gasteiger partial charge on any atom is 0.306 e. The van der Waals surface area contributed by atoms with Gasteiger partial charge in [-0.1, -0.05) is 221 Å². The summed E-state index contributed by atoms with van der Waals surface area (Å²) in [5.74, 6) is -1.00. The standard InChI is InChI=1S/C56H94O6/c1-4-7-10-13-16-19-22-25-27-29-31-34-37-40-43-46-49-55(58)61-52-53(51-60-54(57)48-45-42-39-36-33-30-24-21-18-15-12-9-6-3)62-56(59)50-47-44-41-38-35-32-28-26-23-20-17-14-11-8-5-2/h7,10,16-17,19-20,23,25-27,31,34,40,43,53H,4-6,8-9,11-15,18,21-22,24,28-30,32-33,35-39,41-42,44-52H2,1-3H3/b10-7-,19-16-,20-17-,26-23-,27-25-,34-31-,43-40-. The molecule has 0 aliphatic rings. The quantitative estimate of drug-likeness (QED) is 0.0199. The van der Waals surface area contributed by atoms with Gasteiger partial charge in [-0.05, 0) is 77.0 Å². The summed E-state index contributed by atoms with van der Waals surface area (Å²) in [5.41, 5.74) is 0. The Morgan fingerprint density at radius 2 is 0.710 bits per heavy atom. The van der Waals surface area contributed by atoms with Crippen LogP contribution in [0.4, 0.5) is 0 Å². The first-order valence-electron chi connectivity index (χ1n) is 25.6. The van der Waals surface area contributed by atoms with Gasteiger partial charge in [0.15, 0.2) is 6.10 Å². The van der Waals surface area contributed by atoms with Crippen LogP contribution in [0.1, 0.15) is 233 Å². The lowest BCUT2D eigenvalue weighted by atomic mass is 10.0. The molecule has 1 unspecified atom stereocenters. The van der Waals surface area contributed by atoms with Crippen LogP contribution in [0.3, 0.4) is 0 Å². The Hall–Kier alpha value is -3.41. The van der Waals surface area contributed by atoms with E-state index < -0.39 is 6.10 Å². The molecule has 0 aromatic heterocycles. The molecular formula is C56H94O6. The summed E-state index contributed by atoms with van der Waals surface area (Å²) in [6, 6.07) is 0. The fourth-order valence-corrected chi connectivity index (χ4v) is 6.83. The van der Waals surface area contributed by atoms with E-state index in [-0.39, 0.29) is 37.5 Å². The van der Waals surface area contributed by atoms with Crippen LogP contribution in [0.25, 0.3) is 0 Å². The molecule has 62 heavy (non-hydrogen) atoms. The Morgan fingerprint density at radius 3 is 1.18 bits per heavy atom. The molecule has 0 spiro atoms. The molecule has 0 fully saturated rings. The number of ether oxygens (including phenoxy) is 3. The highest BCUT2D eigenvalue weighted by Gasteiger charge is 2.19. The van der Waals surface area contributed by atoms with Crippen LogP contribution < -0.4 is 0 Å². The molecule has 0 aromatic rings. The van der Waals surface area contributed by atoms with E-state index in [4.69, 9.17) is 14.2 Å². The molecule has 6 nitrogen and oxygen atoms in total. The lowest BCUT2D eigenvalue weighted by Gasteiger charge is -2.18.